The smallest absolute Gasteiger partial charge is 0.122 e. The highest BCUT2D eigenvalue weighted by Crippen LogP contribution is 2.26. The molecule has 1 atom stereocenters. The predicted octanol–water partition coefficient (Wildman–Crippen LogP) is 2.97. The number of methoxy groups -OCH3 is 1. The van der Waals surface area contributed by atoms with Crippen molar-refractivity contribution < 1.29 is 4.74 Å². The number of hydrogen-bond acceptors (Lipinski definition) is 3. The van der Waals surface area contributed by atoms with Gasteiger partial charge in [-0.3, -0.25) is 0 Å². The van der Waals surface area contributed by atoms with Crippen LogP contribution in [-0.2, 0) is 0 Å². The third-order valence-electron chi connectivity index (χ3n) is 3.39. The Labute approximate surface area is 111 Å². The second kappa shape index (κ2) is 7.27. The maximum absolute atomic E-state index is 5.33. The van der Waals surface area contributed by atoms with Gasteiger partial charge in [-0.05, 0) is 56.6 Å². The maximum atomic E-state index is 5.33. The van der Waals surface area contributed by atoms with Crippen molar-refractivity contribution in [3.05, 3.63) is 23.3 Å². The fourth-order valence-electron chi connectivity index (χ4n) is 2.10. The summed E-state index contributed by atoms with van der Waals surface area (Å²) in [6.45, 7) is 8.48. The van der Waals surface area contributed by atoms with Crippen LogP contribution in [0.1, 0.15) is 24.5 Å². The van der Waals surface area contributed by atoms with Crippen LogP contribution in [0.2, 0.25) is 0 Å². The molecule has 0 amide bonds. The number of benzene rings is 1. The molecule has 18 heavy (non-hydrogen) atoms. The van der Waals surface area contributed by atoms with Crippen LogP contribution in [0.3, 0.4) is 0 Å². The molecule has 102 valence electrons. The molecule has 2 N–H and O–H groups in total. The fraction of sp³-hybridized carbons (Fsp3) is 0.600. The first-order valence-corrected chi connectivity index (χ1v) is 6.66. The zero-order valence-corrected chi connectivity index (χ0v) is 12.3. The van der Waals surface area contributed by atoms with Crippen molar-refractivity contribution >= 4 is 5.69 Å². The summed E-state index contributed by atoms with van der Waals surface area (Å²) in [5.74, 6) is 1.62. The van der Waals surface area contributed by atoms with E-state index in [0.29, 0.717) is 5.92 Å². The largest absolute Gasteiger partial charge is 0.496 e. The fourth-order valence-corrected chi connectivity index (χ4v) is 2.10. The summed E-state index contributed by atoms with van der Waals surface area (Å²) in [7, 11) is 3.72. The number of anilines is 1. The first-order valence-electron chi connectivity index (χ1n) is 6.66. The molecule has 0 saturated heterocycles. The summed E-state index contributed by atoms with van der Waals surface area (Å²) in [6, 6.07) is 4.26. The lowest BCUT2D eigenvalue weighted by molar-refractivity contribution is 0.411. The van der Waals surface area contributed by atoms with Crippen molar-refractivity contribution in [1.82, 2.24) is 5.32 Å². The van der Waals surface area contributed by atoms with Crippen molar-refractivity contribution in [2.24, 2.45) is 5.92 Å². The molecule has 1 unspecified atom stereocenters. The van der Waals surface area contributed by atoms with Crippen LogP contribution in [0.25, 0.3) is 0 Å². The number of nitrogens with one attached hydrogen (secondary N) is 2. The normalized spacial score (nSPS) is 12.3. The summed E-state index contributed by atoms with van der Waals surface area (Å²) in [6.07, 6.45) is 1.18. The van der Waals surface area contributed by atoms with Gasteiger partial charge >= 0.3 is 0 Å². The van der Waals surface area contributed by atoms with Crippen molar-refractivity contribution in [3.63, 3.8) is 0 Å². The molecule has 1 aromatic carbocycles. The van der Waals surface area contributed by atoms with Gasteiger partial charge in [0.25, 0.3) is 0 Å². The lowest BCUT2D eigenvalue weighted by Gasteiger charge is -2.18. The molecular formula is C15H26N2O. The van der Waals surface area contributed by atoms with E-state index in [0.717, 1.165) is 18.8 Å². The average molecular weight is 250 g/mol. The molecule has 0 spiro atoms. The summed E-state index contributed by atoms with van der Waals surface area (Å²) < 4.78 is 5.33. The van der Waals surface area contributed by atoms with E-state index >= 15 is 0 Å². The average Bonchev–Trinajstić information content (AvgIpc) is 2.37. The zero-order valence-electron chi connectivity index (χ0n) is 12.3. The van der Waals surface area contributed by atoms with Crippen LogP contribution in [0.15, 0.2) is 12.1 Å². The molecule has 1 aromatic rings. The Morgan fingerprint density at radius 1 is 1.17 bits per heavy atom. The molecule has 0 heterocycles. The molecule has 0 aliphatic rings. The van der Waals surface area contributed by atoms with Crippen LogP contribution >= 0.6 is 0 Å². The molecule has 0 fully saturated rings. The highest BCUT2D eigenvalue weighted by molar-refractivity contribution is 5.57. The van der Waals surface area contributed by atoms with Crippen molar-refractivity contribution in [3.8, 4) is 5.75 Å². The molecule has 0 aliphatic carbocycles. The van der Waals surface area contributed by atoms with Gasteiger partial charge < -0.3 is 15.4 Å². The summed E-state index contributed by atoms with van der Waals surface area (Å²) in [5, 5.41) is 6.78. The maximum Gasteiger partial charge on any atom is 0.122 e. The molecule has 0 radical (unpaired) electrons. The third-order valence-corrected chi connectivity index (χ3v) is 3.39. The highest BCUT2D eigenvalue weighted by atomic mass is 16.5. The lowest BCUT2D eigenvalue weighted by atomic mass is 10.1. The molecular weight excluding hydrogens is 224 g/mol. The van der Waals surface area contributed by atoms with Crippen molar-refractivity contribution in [2.75, 3.05) is 32.6 Å². The Morgan fingerprint density at radius 2 is 1.89 bits per heavy atom. The van der Waals surface area contributed by atoms with E-state index in [1.165, 1.54) is 23.2 Å². The Hall–Kier alpha value is -1.22. The minimum atomic E-state index is 0.664. The van der Waals surface area contributed by atoms with E-state index in [9.17, 15) is 0 Å². The second-order valence-electron chi connectivity index (χ2n) is 4.85. The standard InChI is InChI=1S/C15H26N2O/c1-6-13(9-16-4)10-17-14-7-12(3)15(18-5)8-11(14)2/h7-8,13,16-17H,6,9-10H2,1-5H3. The monoisotopic (exact) mass is 250 g/mol. The Morgan fingerprint density at radius 3 is 2.44 bits per heavy atom. The van der Waals surface area contributed by atoms with Gasteiger partial charge in [-0.25, -0.2) is 0 Å². The molecule has 0 aliphatic heterocycles. The van der Waals surface area contributed by atoms with E-state index in [1.54, 1.807) is 7.11 Å². The summed E-state index contributed by atoms with van der Waals surface area (Å²) >= 11 is 0. The first kappa shape index (κ1) is 14.8. The van der Waals surface area contributed by atoms with E-state index in [1.807, 2.05) is 7.05 Å². The van der Waals surface area contributed by atoms with E-state index < -0.39 is 0 Å². The van der Waals surface area contributed by atoms with E-state index in [-0.39, 0.29) is 0 Å². The van der Waals surface area contributed by atoms with Crippen LogP contribution in [-0.4, -0.2) is 27.2 Å². The van der Waals surface area contributed by atoms with Gasteiger partial charge in [0, 0.05) is 12.2 Å². The van der Waals surface area contributed by atoms with Crippen molar-refractivity contribution in [1.29, 1.82) is 0 Å². The van der Waals surface area contributed by atoms with Gasteiger partial charge in [-0.15, -0.1) is 0 Å². The molecule has 1 rings (SSSR count). The molecule has 3 nitrogen and oxygen atoms in total. The van der Waals surface area contributed by atoms with Gasteiger partial charge in [-0.2, -0.15) is 0 Å². The van der Waals surface area contributed by atoms with Gasteiger partial charge in [0.15, 0.2) is 0 Å². The second-order valence-corrected chi connectivity index (χ2v) is 4.85. The van der Waals surface area contributed by atoms with Crippen LogP contribution < -0.4 is 15.4 Å². The minimum Gasteiger partial charge on any atom is -0.496 e. The van der Waals surface area contributed by atoms with Gasteiger partial charge in [0.2, 0.25) is 0 Å². The number of rotatable bonds is 7. The number of ether oxygens (including phenoxy) is 1. The lowest BCUT2D eigenvalue weighted by Crippen LogP contribution is -2.25. The minimum absolute atomic E-state index is 0.664. The Balaban J connectivity index is 2.70. The van der Waals surface area contributed by atoms with E-state index in [4.69, 9.17) is 4.74 Å². The SMILES string of the molecule is CCC(CNC)CNc1cc(C)c(OC)cc1C. The topological polar surface area (TPSA) is 33.3 Å². The van der Waals surface area contributed by atoms with Gasteiger partial charge in [-0.1, -0.05) is 13.3 Å². The molecule has 0 saturated carbocycles. The number of hydrogen-bond donors (Lipinski definition) is 2. The summed E-state index contributed by atoms with van der Waals surface area (Å²) in [4.78, 5) is 0. The predicted molar refractivity (Wildman–Crippen MR) is 78.7 cm³/mol. The molecule has 0 aromatic heterocycles. The van der Waals surface area contributed by atoms with Crippen LogP contribution in [0, 0.1) is 19.8 Å². The zero-order chi connectivity index (χ0) is 13.5. The quantitative estimate of drug-likeness (QED) is 0.780. The van der Waals surface area contributed by atoms with Crippen molar-refractivity contribution in [2.45, 2.75) is 27.2 Å². The van der Waals surface area contributed by atoms with E-state index in [2.05, 4.69) is 43.5 Å². The van der Waals surface area contributed by atoms with Gasteiger partial charge in [0.1, 0.15) is 5.75 Å². The van der Waals surface area contributed by atoms with Crippen LogP contribution in [0.4, 0.5) is 5.69 Å². The highest BCUT2D eigenvalue weighted by Gasteiger charge is 2.08. The van der Waals surface area contributed by atoms with Crippen LogP contribution in [0.5, 0.6) is 5.75 Å². The first-order chi connectivity index (χ1) is 8.62. The summed E-state index contributed by atoms with van der Waals surface area (Å²) in [5.41, 5.74) is 3.62. The molecule has 3 heteroatoms. The number of aryl methyl sites for hydroxylation is 2. The third kappa shape index (κ3) is 3.91. The molecule has 0 bridgehead atoms. The Kier molecular flexibility index (Phi) is 5.99. The Bertz CT molecular complexity index is 377. The van der Waals surface area contributed by atoms with Gasteiger partial charge in [0.05, 0.1) is 7.11 Å².